The summed E-state index contributed by atoms with van der Waals surface area (Å²) >= 11 is 4.07. The van der Waals surface area contributed by atoms with E-state index in [4.69, 9.17) is 4.98 Å². The lowest BCUT2D eigenvalue weighted by Crippen LogP contribution is -2.18. The number of thiazole rings is 1. The average Bonchev–Trinajstić information content (AvgIpc) is 2.88. The van der Waals surface area contributed by atoms with Gasteiger partial charge in [0.1, 0.15) is 5.01 Å². The summed E-state index contributed by atoms with van der Waals surface area (Å²) < 4.78 is 0. The molecule has 1 saturated carbocycles. The van der Waals surface area contributed by atoms with Crippen molar-refractivity contribution in [3.8, 4) is 0 Å². The highest BCUT2D eigenvalue weighted by Gasteiger charge is 2.16. The predicted octanol–water partition coefficient (Wildman–Crippen LogP) is 5.02. The molecule has 4 heteroatoms. The highest BCUT2D eigenvalue weighted by atomic mass is 32.2. The number of aromatic nitrogens is 1. The van der Waals surface area contributed by atoms with Gasteiger partial charge in [-0.2, -0.15) is 11.8 Å². The van der Waals surface area contributed by atoms with E-state index in [0.29, 0.717) is 5.92 Å². The topological polar surface area (TPSA) is 24.9 Å². The summed E-state index contributed by atoms with van der Waals surface area (Å²) in [5.74, 6) is 1.83. The summed E-state index contributed by atoms with van der Waals surface area (Å²) in [6.45, 7) is 8.82. The van der Waals surface area contributed by atoms with E-state index in [2.05, 4.69) is 37.8 Å². The molecule has 0 spiro atoms. The van der Waals surface area contributed by atoms with E-state index >= 15 is 0 Å². The lowest BCUT2D eigenvalue weighted by Gasteiger charge is -2.20. The second-order valence-electron chi connectivity index (χ2n) is 6.43. The molecule has 1 N–H and O–H groups in total. The van der Waals surface area contributed by atoms with E-state index in [0.717, 1.165) is 30.5 Å². The summed E-state index contributed by atoms with van der Waals surface area (Å²) in [4.78, 5) is 6.32. The summed E-state index contributed by atoms with van der Waals surface area (Å²) in [7, 11) is 0. The first-order valence-corrected chi connectivity index (χ1v) is 10.3. The summed E-state index contributed by atoms with van der Waals surface area (Å²) in [5.41, 5.74) is 1.32. The van der Waals surface area contributed by atoms with E-state index in [1.807, 2.05) is 11.3 Å². The highest BCUT2D eigenvalue weighted by molar-refractivity contribution is 7.99. The maximum absolute atomic E-state index is 4.87. The number of nitrogens with one attached hydrogen (secondary N) is 1. The fourth-order valence-electron chi connectivity index (χ4n) is 2.81. The van der Waals surface area contributed by atoms with Crippen molar-refractivity contribution in [2.75, 3.05) is 6.54 Å². The first kappa shape index (κ1) is 17.3. The quantitative estimate of drug-likeness (QED) is 0.726. The molecule has 0 aromatic carbocycles. The predicted molar refractivity (Wildman–Crippen MR) is 96.2 cm³/mol. The third-order valence-electron chi connectivity index (χ3n) is 3.99. The van der Waals surface area contributed by atoms with Crippen molar-refractivity contribution in [1.82, 2.24) is 10.3 Å². The number of hydrogen-bond donors (Lipinski definition) is 1. The molecule has 0 bridgehead atoms. The van der Waals surface area contributed by atoms with Gasteiger partial charge in [0.2, 0.25) is 0 Å². The van der Waals surface area contributed by atoms with Gasteiger partial charge in [0.15, 0.2) is 0 Å². The van der Waals surface area contributed by atoms with Gasteiger partial charge in [0.25, 0.3) is 0 Å². The van der Waals surface area contributed by atoms with Crippen LogP contribution in [-0.4, -0.2) is 16.8 Å². The molecule has 1 aromatic rings. The van der Waals surface area contributed by atoms with Crippen molar-refractivity contribution in [3.63, 3.8) is 0 Å². The van der Waals surface area contributed by atoms with E-state index < -0.39 is 0 Å². The second kappa shape index (κ2) is 9.16. The third kappa shape index (κ3) is 5.91. The van der Waals surface area contributed by atoms with Crippen LogP contribution >= 0.6 is 23.1 Å². The van der Waals surface area contributed by atoms with Crippen molar-refractivity contribution in [1.29, 1.82) is 0 Å². The maximum atomic E-state index is 4.87. The van der Waals surface area contributed by atoms with Gasteiger partial charge in [-0.3, -0.25) is 0 Å². The van der Waals surface area contributed by atoms with Gasteiger partial charge in [-0.1, -0.05) is 40.0 Å². The largest absolute Gasteiger partial charge is 0.312 e. The Morgan fingerprint density at radius 2 is 2.05 bits per heavy atom. The van der Waals surface area contributed by atoms with Crippen LogP contribution < -0.4 is 5.32 Å². The molecule has 0 atom stereocenters. The first-order chi connectivity index (χ1) is 10.2. The lowest BCUT2D eigenvalue weighted by atomic mass is 10.0. The third-order valence-corrected chi connectivity index (χ3v) is 6.65. The Labute approximate surface area is 138 Å². The van der Waals surface area contributed by atoms with E-state index in [1.54, 1.807) is 0 Å². The summed E-state index contributed by atoms with van der Waals surface area (Å²) in [6.07, 6.45) is 8.20. The molecule has 0 radical (unpaired) electrons. The Bertz CT molecular complexity index is 409. The number of thioether (sulfide) groups is 1. The number of rotatable bonds is 8. The van der Waals surface area contributed by atoms with Crippen molar-refractivity contribution >= 4 is 23.1 Å². The Kier molecular flexibility index (Phi) is 7.55. The van der Waals surface area contributed by atoms with E-state index in [1.165, 1.54) is 47.7 Å². The molecule has 1 aliphatic carbocycles. The van der Waals surface area contributed by atoms with Crippen molar-refractivity contribution < 1.29 is 0 Å². The molecule has 1 fully saturated rings. The van der Waals surface area contributed by atoms with Crippen LogP contribution in [0.2, 0.25) is 0 Å². The van der Waals surface area contributed by atoms with Gasteiger partial charge >= 0.3 is 0 Å². The highest BCUT2D eigenvalue weighted by Crippen LogP contribution is 2.32. The number of hydrogen-bond acceptors (Lipinski definition) is 4. The lowest BCUT2D eigenvalue weighted by molar-refractivity contribution is 0.516. The Morgan fingerprint density at radius 1 is 1.29 bits per heavy atom. The molecule has 1 heterocycles. The van der Waals surface area contributed by atoms with Crippen LogP contribution in [0, 0.1) is 5.92 Å². The molecule has 1 aliphatic rings. The van der Waals surface area contributed by atoms with Crippen molar-refractivity contribution in [2.45, 2.75) is 76.8 Å². The molecule has 2 rings (SSSR count). The van der Waals surface area contributed by atoms with Crippen molar-refractivity contribution in [2.24, 2.45) is 5.92 Å². The number of nitrogens with zero attached hydrogens (tertiary/aromatic N) is 1. The van der Waals surface area contributed by atoms with Gasteiger partial charge in [0, 0.05) is 22.4 Å². The van der Waals surface area contributed by atoms with Crippen LogP contribution in [0.4, 0.5) is 0 Å². The average molecular weight is 327 g/mol. The summed E-state index contributed by atoms with van der Waals surface area (Å²) in [5, 5.41) is 5.78. The molecule has 0 aliphatic heterocycles. The Morgan fingerprint density at radius 3 is 2.71 bits per heavy atom. The van der Waals surface area contributed by atoms with Gasteiger partial charge in [-0.25, -0.2) is 4.98 Å². The second-order valence-corrected chi connectivity index (χ2v) is 8.88. The minimum absolute atomic E-state index is 0.712. The number of aryl methyl sites for hydroxylation is 1. The van der Waals surface area contributed by atoms with Crippen LogP contribution in [0.5, 0.6) is 0 Å². The standard InChI is InChI=1S/C17H30N2S2/c1-4-15-16(11-18-10-13(2)3)21-17(19-15)12-20-14-8-6-5-7-9-14/h13-14,18H,4-12H2,1-3H3. The normalized spacial score (nSPS) is 16.8. The van der Waals surface area contributed by atoms with Gasteiger partial charge in [0.05, 0.1) is 5.69 Å². The maximum Gasteiger partial charge on any atom is 0.103 e. The molecule has 1 aromatic heterocycles. The van der Waals surface area contributed by atoms with Crippen LogP contribution in [0.3, 0.4) is 0 Å². The zero-order valence-corrected chi connectivity index (χ0v) is 15.4. The fraction of sp³-hybridized carbons (Fsp3) is 0.824. The molecule has 120 valence electrons. The zero-order chi connectivity index (χ0) is 15.1. The minimum Gasteiger partial charge on any atom is -0.312 e. The van der Waals surface area contributed by atoms with Gasteiger partial charge < -0.3 is 5.32 Å². The fourth-order valence-corrected chi connectivity index (χ4v) is 5.28. The Hall–Kier alpha value is -0.0600. The van der Waals surface area contributed by atoms with Crippen LogP contribution in [0.15, 0.2) is 0 Å². The van der Waals surface area contributed by atoms with Crippen LogP contribution in [0.25, 0.3) is 0 Å². The smallest absolute Gasteiger partial charge is 0.103 e. The van der Waals surface area contributed by atoms with Gasteiger partial charge in [-0.05, 0) is 31.7 Å². The van der Waals surface area contributed by atoms with Crippen LogP contribution in [0.1, 0.15) is 68.5 Å². The van der Waals surface area contributed by atoms with Crippen LogP contribution in [-0.2, 0) is 18.7 Å². The van der Waals surface area contributed by atoms with Crippen molar-refractivity contribution in [3.05, 3.63) is 15.6 Å². The molecular formula is C17H30N2S2. The van der Waals surface area contributed by atoms with E-state index in [9.17, 15) is 0 Å². The minimum atomic E-state index is 0.712. The molecule has 21 heavy (non-hydrogen) atoms. The molecule has 0 saturated heterocycles. The summed E-state index contributed by atoms with van der Waals surface area (Å²) in [6, 6.07) is 0. The van der Waals surface area contributed by atoms with Gasteiger partial charge in [-0.15, -0.1) is 11.3 Å². The monoisotopic (exact) mass is 326 g/mol. The molecular weight excluding hydrogens is 296 g/mol. The van der Waals surface area contributed by atoms with E-state index in [-0.39, 0.29) is 0 Å². The molecule has 0 amide bonds. The first-order valence-electron chi connectivity index (χ1n) is 8.48. The molecule has 2 nitrogen and oxygen atoms in total. The zero-order valence-electron chi connectivity index (χ0n) is 13.8. The molecule has 0 unspecified atom stereocenters. The SMILES string of the molecule is CCc1nc(CSC2CCCCC2)sc1CNCC(C)C. The Balaban J connectivity index is 1.83.